The number of rotatable bonds is 7. The molecule has 6 nitrogen and oxygen atoms in total. The monoisotopic (exact) mass is 390 g/mol. The third-order valence-electron chi connectivity index (χ3n) is 5.18. The van der Waals surface area contributed by atoms with Crippen LogP contribution in [0, 0.1) is 0 Å². The Labute approximate surface area is 150 Å². The predicted molar refractivity (Wildman–Crippen MR) is 96.7 cm³/mol. The average Bonchev–Trinajstić information content (AvgIpc) is 2.93. The van der Waals surface area contributed by atoms with Gasteiger partial charge in [-0.3, -0.25) is 0 Å². The molecule has 2 aliphatic heterocycles. The van der Waals surface area contributed by atoms with Crippen molar-refractivity contribution in [3.8, 4) is 0 Å². The summed E-state index contributed by atoms with van der Waals surface area (Å²) in [5.41, 5.74) is 2.12. The summed E-state index contributed by atoms with van der Waals surface area (Å²) in [7, 11) is -5.16. The van der Waals surface area contributed by atoms with Gasteiger partial charge >= 0.3 is 5.97 Å². The summed E-state index contributed by atoms with van der Waals surface area (Å²) in [6, 6.07) is 0. The fourth-order valence-corrected chi connectivity index (χ4v) is 7.65. The third-order valence-corrected chi connectivity index (χ3v) is 9.46. The van der Waals surface area contributed by atoms with Gasteiger partial charge in [-0.2, -0.15) is 0 Å². The van der Waals surface area contributed by atoms with Gasteiger partial charge in [0.15, 0.2) is 19.7 Å². The molecule has 2 atom stereocenters. The van der Waals surface area contributed by atoms with E-state index >= 15 is 0 Å². The zero-order valence-corrected chi connectivity index (χ0v) is 16.6. The number of ether oxygens (including phenoxy) is 1. The lowest BCUT2D eigenvalue weighted by molar-refractivity contribution is -0.136. The molecule has 0 fully saturated rings. The summed E-state index contributed by atoms with van der Waals surface area (Å²) in [6.45, 7) is 3.74. The van der Waals surface area contributed by atoms with E-state index in [4.69, 9.17) is 0 Å². The molecule has 0 aromatic heterocycles. The smallest absolute Gasteiger partial charge is 0.334 e. The molecule has 0 N–H and O–H groups in total. The largest absolute Gasteiger partial charge is 0.466 e. The van der Waals surface area contributed by atoms with Gasteiger partial charge in [0, 0.05) is 0 Å². The molecular weight excluding hydrogens is 364 g/mol. The van der Waals surface area contributed by atoms with Gasteiger partial charge in [0.2, 0.25) is 0 Å². The summed E-state index contributed by atoms with van der Waals surface area (Å²) in [5.74, 6) is -0.553. The van der Waals surface area contributed by atoms with Crippen molar-refractivity contribution in [3.63, 3.8) is 0 Å². The van der Waals surface area contributed by atoms with Crippen molar-refractivity contribution in [1.82, 2.24) is 0 Å². The standard InChI is InChI=1S/C17H26O6S2/c1-12-11-25(21,22)15(13(12)2)7-5-4-6-8-16-14(17(18)23-3)9-10-24(16,19)20/h9,15-16H,4-8,10-11H2,1-3H3. The highest BCUT2D eigenvalue weighted by Crippen LogP contribution is 2.31. The number of hydrogen-bond donors (Lipinski definition) is 0. The second kappa shape index (κ2) is 7.61. The minimum absolute atomic E-state index is 0.119. The molecule has 2 rings (SSSR count). The van der Waals surface area contributed by atoms with Crippen molar-refractivity contribution in [2.45, 2.75) is 56.5 Å². The van der Waals surface area contributed by atoms with E-state index in [1.54, 1.807) is 0 Å². The fourth-order valence-electron chi connectivity index (χ4n) is 3.61. The second-order valence-corrected chi connectivity index (χ2v) is 11.3. The molecular formula is C17H26O6S2. The maximum absolute atomic E-state index is 12.1. The zero-order chi connectivity index (χ0) is 18.8. The van der Waals surface area contributed by atoms with Crippen LogP contribution in [-0.2, 0) is 29.2 Å². The number of hydrogen-bond acceptors (Lipinski definition) is 6. The highest BCUT2D eigenvalue weighted by molar-refractivity contribution is 7.93. The first kappa shape index (κ1) is 20.2. The highest BCUT2D eigenvalue weighted by Gasteiger charge is 2.37. The maximum atomic E-state index is 12.1. The Kier molecular flexibility index (Phi) is 6.14. The molecule has 2 unspecified atom stereocenters. The molecule has 0 saturated heterocycles. The Balaban J connectivity index is 1.85. The fraction of sp³-hybridized carbons (Fsp3) is 0.706. The molecule has 142 valence electrons. The van der Waals surface area contributed by atoms with Crippen molar-refractivity contribution >= 4 is 25.6 Å². The van der Waals surface area contributed by atoms with Gasteiger partial charge < -0.3 is 4.74 Å². The van der Waals surface area contributed by atoms with Crippen LogP contribution in [0.25, 0.3) is 0 Å². The van der Waals surface area contributed by atoms with Gasteiger partial charge in [-0.25, -0.2) is 21.6 Å². The number of carbonyl (C=O) groups excluding carboxylic acids is 1. The molecule has 0 amide bonds. The van der Waals surface area contributed by atoms with E-state index in [9.17, 15) is 21.6 Å². The topological polar surface area (TPSA) is 94.6 Å². The number of unbranched alkanes of at least 4 members (excludes halogenated alkanes) is 2. The zero-order valence-electron chi connectivity index (χ0n) is 14.9. The molecule has 0 aromatic rings. The average molecular weight is 391 g/mol. The van der Waals surface area contributed by atoms with Crippen LogP contribution >= 0.6 is 0 Å². The third kappa shape index (κ3) is 4.34. The second-order valence-electron chi connectivity index (χ2n) is 6.87. The van der Waals surface area contributed by atoms with Crippen molar-refractivity contribution in [2.75, 3.05) is 18.6 Å². The molecule has 0 aromatic carbocycles. The van der Waals surface area contributed by atoms with Gasteiger partial charge in [0.05, 0.1) is 34.7 Å². The molecule has 0 saturated carbocycles. The summed E-state index contributed by atoms with van der Waals surface area (Å²) in [4.78, 5) is 11.7. The van der Waals surface area contributed by atoms with Crippen LogP contribution in [0.2, 0.25) is 0 Å². The van der Waals surface area contributed by atoms with Crippen LogP contribution < -0.4 is 0 Å². The van der Waals surface area contributed by atoms with E-state index in [2.05, 4.69) is 4.74 Å². The maximum Gasteiger partial charge on any atom is 0.334 e. The van der Waals surface area contributed by atoms with E-state index in [1.165, 1.54) is 13.2 Å². The highest BCUT2D eigenvalue weighted by atomic mass is 32.2. The van der Waals surface area contributed by atoms with Crippen molar-refractivity contribution < 1.29 is 26.4 Å². The van der Waals surface area contributed by atoms with E-state index in [-0.39, 0.29) is 17.1 Å². The van der Waals surface area contributed by atoms with Gasteiger partial charge in [-0.15, -0.1) is 0 Å². The number of sulfone groups is 2. The molecule has 0 radical (unpaired) electrons. The summed E-state index contributed by atoms with van der Waals surface area (Å²) >= 11 is 0. The number of carbonyl (C=O) groups is 1. The van der Waals surface area contributed by atoms with Crippen LogP contribution in [0.1, 0.15) is 46.0 Å². The van der Waals surface area contributed by atoms with Crippen LogP contribution in [0.4, 0.5) is 0 Å². The van der Waals surface area contributed by atoms with E-state index in [0.717, 1.165) is 24.0 Å². The van der Waals surface area contributed by atoms with E-state index in [0.29, 0.717) is 19.3 Å². The van der Waals surface area contributed by atoms with Crippen molar-refractivity contribution in [1.29, 1.82) is 0 Å². The van der Waals surface area contributed by atoms with Gasteiger partial charge in [0.25, 0.3) is 0 Å². The quantitative estimate of drug-likeness (QED) is 0.375. The Bertz CT molecular complexity index is 802. The minimum Gasteiger partial charge on any atom is -0.466 e. The van der Waals surface area contributed by atoms with Crippen molar-refractivity contribution in [2.24, 2.45) is 0 Å². The summed E-state index contributed by atoms with van der Waals surface area (Å²) < 4.78 is 53.0. The van der Waals surface area contributed by atoms with Crippen LogP contribution in [0.15, 0.2) is 22.8 Å². The number of esters is 1. The van der Waals surface area contributed by atoms with Gasteiger partial charge in [-0.1, -0.05) is 36.5 Å². The normalized spacial score (nSPS) is 27.4. The van der Waals surface area contributed by atoms with Crippen molar-refractivity contribution in [3.05, 3.63) is 22.8 Å². The Morgan fingerprint density at radius 3 is 2.16 bits per heavy atom. The SMILES string of the molecule is COC(=O)C1=CCS(=O)(=O)C1CCCCCC1C(C)=C(C)CS1(=O)=O. The number of methoxy groups -OCH3 is 1. The molecule has 0 aliphatic carbocycles. The summed E-state index contributed by atoms with van der Waals surface area (Å²) in [6.07, 6.45) is 4.47. The lowest BCUT2D eigenvalue weighted by atomic mass is 10.0. The lowest BCUT2D eigenvalue weighted by Gasteiger charge is -2.14. The molecule has 25 heavy (non-hydrogen) atoms. The van der Waals surface area contributed by atoms with Gasteiger partial charge in [-0.05, 0) is 26.7 Å². The van der Waals surface area contributed by atoms with Crippen LogP contribution in [0.3, 0.4) is 0 Å². The lowest BCUT2D eigenvalue weighted by Crippen LogP contribution is -2.24. The molecule has 2 heterocycles. The Morgan fingerprint density at radius 1 is 1.04 bits per heavy atom. The minimum atomic E-state index is -3.33. The van der Waals surface area contributed by atoms with E-state index < -0.39 is 36.1 Å². The first-order valence-corrected chi connectivity index (χ1v) is 11.9. The molecule has 2 aliphatic rings. The predicted octanol–water partition coefficient (Wildman–Crippen LogP) is 1.97. The Morgan fingerprint density at radius 2 is 1.64 bits per heavy atom. The molecule has 0 spiro atoms. The van der Waals surface area contributed by atoms with E-state index in [1.807, 2.05) is 13.8 Å². The molecule has 0 bridgehead atoms. The summed E-state index contributed by atoms with van der Waals surface area (Å²) in [5, 5.41) is -1.19. The Hall–Kier alpha value is -1.15. The van der Waals surface area contributed by atoms with Crippen LogP contribution in [-0.4, -0.2) is 51.9 Å². The first-order chi connectivity index (χ1) is 11.6. The molecule has 8 heteroatoms. The van der Waals surface area contributed by atoms with Crippen LogP contribution in [0.5, 0.6) is 0 Å². The van der Waals surface area contributed by atoms with Gasteiger partial charge in [0.1, 0.15) is 0 Å². The first-order valence-electron chi connectivity index (χ1n) is 8.48.